The van der Waals surface area contributed by atoms with Crippen LogP contribution in [0.2, 0.25) is 0 Å². The molecule has 1 unspecified atom stereocenters. The monoisotopic (exact) mass is 262 g/mol. The van der Waals surface area contributed by atoms with Gasteiger partial charge in [0.15, 0.2) is 11.5 Å². The molecule has 0 fully saturated rings. The summed E-state index contributed by atoms with van der Waals surface area (Å²) >= 11 is 0. The summed E-state index contributed by atoms with van der Waals surface area (Å²) in [5, 5.41) is 6.32. The summed E-state index contributed by atoms with van der Waals surface area (Å²) < 4.78 is 1.88. The van der Waals surface area contributed by atoms with Crippen molar-refractivity contribution in [3.63, 3.8) is 0 Å². The topological polar surface area (TPSA) is 97.3 Å². The van der Waals surface area contributed by atoms with Crippen LogP contribution in [0.3, 0.4) is 0 Å². The van der Waals surface area contributed by atoms with E-state index in [0.717, 1.165) is 18.0 Å². The molecule has 4 N–H and O–H groups in total. The van der Waals surface area contributed by atoms with E-state index in [9.17, 15) is 4.79 Å². The predicted octanol–water partition coefficient (Wildman–Crippen LogP) is 0.837. The first-order valence-electron chi connectivity index (χ1n) is 6.22. The quantitative estimate of drug-likeness (QED) is 0.716. The molecule has 2 aromatic heterocycles. The summed E-state index contributed by atoms with van der Waals surface area (Å²) in [5.74, 6) is 1.04. The summed E-state index contributed by atoms with van der Waals surface area (Å²) in [6, 6.07) is -0.0950. The lowest BCUT2D eigenvalue weighted by Gasteiger charge is -2.14. The molecule has 0 aliphatic rings. The molecule has 0 spiro atoms. The van der Waals surface area contributed by atoms with Crippen LogP contribution >= 0.6 is 0 Å². The Morgan fingerprint density at radius 3 is 3.05 bits per heavy atom. The number of nitrogens with one attached hydrogen (secondary N) is 2. The summed E-state index contributed by atoms with van der Waals surface area (Å²) in [4.78, 5) is 19.6. The van der Waals surface area contributed by atoms with Gasteiger partial charge >= 0.3 is 0 Å². The van der Waals surface area contributed by atoms with Crippen LogP contribution in [0.25, 0.3) is 5.65 Å². The van der Waals surface area contributed by atoms with E-state index in [4.69, 9.17) is 5.73 Å². The Bertz CT molecular complexity index is 579. The third-order valence-corrected chi connectivity index (χ3v) is 2.62. The lowest BCUT2D eigenvalue weighted by molar-refractivity contribution is -0.118. The van der Waals surface area contributed by atoms with E-state index in [0.29, 0.717) is 5.82 Å². The second-order valence-corrected chi connectivity index (χ2v) is 4.38. The van der Waals surface area contributed by atoms with Crippen LogP contribution in [0, 0.1) is 0 Å². The van der Waals surface area contributed by atoms with Gasteiger partial charge in [-0.05, 0) is 13.8 Å². The summed E-state index contributed by atoms with van der Waals surface area (Å²) in [5.41, 5.74) is 5.91. The van der Waals surface area contributed by atoms with E-state index in [1.54, 1.807) is 6.20 Å². The normalized spacial score (nSPS) is 12.3. The lowest BCUT2D eigenvalue weighted by atomic mass is 10.2. The third kappa shape index (κ3) is 3.12. The summed E-state index contributed by atoms with van der Waals surface area (Å²) in [6.45, 7) is 4.66. The Kier molecular flexibility index (Phi) is 3.84. The van der Waals surface area contributed by atoms with E-state index in [1.807, 2.05) is 30.6 Å². The number of amides is 1. The SMILES string of the molecule is CCNc1cn2ccnc2c(NC(C)CC(N)=O)n1. The number of hydrogen-bond acceptors (Lipinski definition) is 5. The van der Waals surface area contributed by atoms with Gasteiger partial charge in [-0.15, -0.1) is 0 Å². The van der Waals surface area contributed by atoms with E-state index in [1.165, 1.54) is 0 Å². The average Bonchev–Trinajstić information content (AvgIpc) is 2.76. The fourth-order valence-electron chi connectivity index (χ4n) is 1.88. The molecule has 0 saturated carbocycles. The van der Waals surface area contributed by atoms with Crippen LogP contribution < -0.4 is 16.4 Å². The zero-order chi connectivity index (χ0) is 13.8. The van der Waals surface area contributed by atoms with Crippen molar-refractivity contribution in [2.24, 2.45) is 5.73 Å². The number of carbonyl (C=O) groups excluding carboxylic acids is 1. The molecule has 0 radical (unpaired) electrons. The number of nitrogens with zero attached hydrogens (tertiary/aromatic N) is 3. The van der Waals surface area contributed by atoms with Gasteiger partial charge in [0.1, 0.15) is 5.82 Å². The highest BCUT2D eigenvalue weighted by molar-refractivity contribution is 5.75. The van der Waals surface area contributed by atoms with E-state index >= 15 is 0 Å². The highest BCUT2D eigenvalue weighted by Gasteiger charge is 2.11. The molecule has 2 aromatic rings. The van der Waals surface area contributed by atoms with Gasteiger partial charge in [-0.3, -0.25) is 4.79 Å². The Balaban J connectivity index is 2.29. The highest BCUT2D eigenvalue weighted by Crippen LogP contribution is 2.17. The first-order chi connectivity index (χ1) is 9.10. The molecule has 7 nitrogen and oxygen atoms in total. The highest BCUT2D eigenvalue weighted by atomic mass is 16.1. The lowest BCUT2D eigenvalue weighted by Crippen LogP contribution is -2.25. The molecule has 7 heteroatoms. The maximum atomic E-state index is 10.9. The first kappa shape index (κ1) is 13.1. The minimum Gasteiger partial charge on any atom is -0.370 e. The Labute approximate surface area is 111 Å². The van der Waals surface area contributed by atoms with Gasteiger partial charge in [-0.1, -0.05) is 0 Å². The van der Waals surface area contributed by atoms with Gasteiger partial charge in [-0.25, -0.2) is 9.97 Å². The second kappa shape index (κ2) is 5.55. The second-order valence-electron chi connectivity index (χ2n) is 4.38. The molecule has 2 heterocycles. The molecule has 1 amide bonds. The molecule has 19 heavy (non-hydrogen) atoms. The van der Waals surface area contributed by atoms with Crippen LogP contribution in [-0.2, 0) is 4.79 Å². The zero-order valence-electron chi connectivity index (χ0n) is 11.1. The number of aromatic nitrogens is 3. The predicted molar refractivity (Wildman–Crippen MR) is 74.0 cm³/mol. The van der Waals surface area contributed by atoms with Gasteiger partial charge in [0, 0.05) is 31.4 Å². The van der Waals surface area contributed by atoms with Crippen molar-refractivity contribution in [2.45, 2.75) is 26.3 Å². The Morgan fingerprint density at radius 1 is 1.58 bits per heavy atom. The number of anilines is 2. The number of hydrogen-bond donors (Lipinski definition) is 3. The molecular weight excluding hydrogens is 244 g/mol. The molecule has 2 rings (SSSR count). The van der Waals surface area contributed by atoms with E-state index < -0.39 is 0 Å². The molecule has 102 valence electrons. The minimum atomic E-state index is -0.345. The van der Waals surface area contributed by atoms with Gasteiger partial charge in [-0.2, -0.15) is 0 Å². The van der Waals surface area contributed by atoms with Crippen molar-refractivity contribution < 1.29 is 4.79 Å². The summed E-state index contributed by atoms with van der Waals surface area (Å²) in [6.07, 6.45) is 5.67. The Hall–Kier alpha value is -2.31. The number of rotatable bonds is 6. The average molecular weight is 262 g/mol. The van der Waals surface area contributed by atoms with Crippen molar-refractivity contribution in [2.75, 3.05) is 17.2 Å². The van der Waals surface area contributed by atoms with Crippen molar-refractivity contribution in [1.29, 1.82) is 0 Å². The van der Waals surface area contributed by atoms with Crippen LogP contribution in [0.4, 0.5) is 11.6 Å². The van der Waals surface area contributed by atoms with E-state index in [2.05, 4.69) is 20.6 Å². The van der Waals surface area contributed by atoms with Gasteiger partial charge < -0.3 is 20.8 Å². The van der Waals surface area contributed by atoms with Crippen molar-refractivity contribution in [1.82, 2.24) is 14.4 Å². The smallest absolute Gasteiger partial charge is 0.219 e. The van der Waals surface area contributed by atoms with Crippen LogP contribution in [0.15, 0.2) is 18.6 Å². The van der Waals surface area contributed by atoms with E-state index in [-0.39, 0.29) is 18.4 Å². The minimum absolute atomic E-state index is 0.0950. The van der Waals surface area contributed by atoms with Crippen LogP contribution in [-0.4, -0.2) is 32.9 Å². The summed E-state index contributed by atoms with van der Waals surface area (Å²) in [7, 11) is 0. The standard InChI is InChI=1S/C12H18N6O/c1-3-14-10-7-18-5-4-15-12(18)11(17-10)16-8(2)6-9(13)19/h4-5,7-8,14H,3,6H2,1-2H3,(H2,13,19)(H,16,17). The maximum absolute atomic E-state index is 10.9. The molecule has 0 aliphatic heterocycles. The van der Waals surface area contributed by atoms with Crippen LogP contribution in [0.1, 0.15) is 20.3 Å². The van der Waals surface area contributed by atoms with Crippen molar-refractivity contribution in [3.8, 4) is 0 Å². The zero-order valence-corrected chi connectivity index (χ0v) is 11.1. The molecule has 0 aliphatic carbocycles. The number of nitrogens with two attached hydrogens (primary N) is 1. The maximum Gasteiger partial charge on any atom is 0.219 e. The number of carbonyl (C=O) groups is 1. The third-order valence-electron chi connectivity index (χ3n) is 2.62. The number of primary amides is 1. The molecule has 0 saturated heterocycles. The van der Waals surface area contributed by atoms with Gasteiger partial charge in [0.05, 0.1) is 6.20 Å². The Morgan fingerprint density at radius 2 is 2.37 bits per heavy atom. The van der Waals surface area contributed by atoms with Crippen LogP contribution in [0.5, 0.6) is 0 Å². The number of fused-ring (bicyclic) bond motifs is 1. The fraction of sp³-hybridized carbons (Fsp3) is 0.417. The molecule has 1 atom stereocenters. The van der Waals surface area contributed by atoms with Gasteiger partial charge in [0.2, 0.25) is 5.91 Å². The molecular formula is C12H18N6O. The number of imidazole rings is 1. The molecule has 0 aromatic carbocycles. The van der Waals surface area contributed by atoms with Crippen molar-refractivity contribution >= 4 is 23.2 Å². The fourth-order valence-corrected chi connectivity index (χ4v) is 1.88. The molecule has 0 bridgehead atoms. The van der Waals surface area contributed by atoms with Crippen molar-refractivity contribution in [3.05, 3.63) is 18.6 Å². The van der Waals surface area contributed by atoms with Gasteiger partial charge in [0.25, 0.3) is 0 Å². The first-order valence-corrected chi connectivity index (χ1v) is 6.22. The largest absolute Gasteiger partial charge is 0.370 e.